The Balaban J connectivity index is 1.20. The van der Waals surface area contributed by atoms with Crippen molar-refractivity contribution in [3.63, 3.8) is 0 Å². The van der Waals surface area contributed by atoms with Crippen LogP contribution in [0, 0.1) is 5.82 Å². The molecule has 1 aliphatic heterocycles. The number of ether oxygens (including phenoxy) is 2. The average Bonchev–Trinajstić information content (AvgIpc) is 3.07. The minimum atomic E-state index is -4.53. The Kier molecular flexibility index (Phi) is 11.1. The predicted molar refractivity (Wildman–Crippen MR) is 170 cm³/mol. The second kappa shape index (κ2) is 15.4. The molecule has 5 N–H and O–H groups in total. The predicted octanol–water partition coefficient (Wildman–Crippen LogP) is 5.65. The monoisotopic (exact) mass is 652 g/mol. The number of nitrogens with two attached hydrogens (primary N) is 1. The van der Waals surface area contributed by atoms with Crippen LogP contribution >= 0.6 is 0 Å². The number of carbonyl (C=O) groups excluding carboxylic acids is 2. The van der Waals surface area contributed by atoms with Gasteiger partial charge in [-0.15, -0.1) is 0 Å². The van der Waals surface area contributed by atoms with Crippen LogP contribution in [-0.2, 0) is 20.7 Å². The number of morpholine rings is 1. The largest absolute Gasteiger partial charge is 0.448 e. The van der Waals surface area contributed by atoms with Gasteiger partial charge in [0.15, 0.2) is 0 Å². The van der Waals surface area contributed by atoms with Gasteiger partial charge in [-0.05, 0) is 46.9 Å². The molecule has 12 heteroatoms. The zero-order valence-corrected chi connectivity index (χ0v) is 25.4. The van der Waals surface area contributed by atoms with E-state index in [0.717, 1.165) is 21.9 Å². The topological polar surface area (TPSA) is 115 Å². The summed E-state index contributed by atoms with van der Waals surface area (Å²) in [4.78, 5) is 25.2. The molecule has 0 bridgehead atoms. The van der Waals surface area contributed by atoms with Gasteiger partial charge in [0.2, 0.25) is 5.91 Å². The van der Waals surface area contributed by atoms with Gasteiger partial charge in [0.1, 0.15) is 19.0 Å². The maximum Gasteiger partial charge on any atom is 0.407 e. The molecule has 0 radical (unpaired) electrons. The van der Waals surface area contributed by atoms with Crippen molar-refractivity contribution >= 4 is 28.5 Å². The molecular formula is C35H36F4N4O4. The minimum Gasteiger partial charge on any atom is -0.448 e. The van der Waals surface area contributed by atoms with E-state index in [9.17, 15) is 22.8 Å². The zero-order chi connectivity index (χ0) is 33.4. The second-order valence-electron chi connectivity index (χ2n) is 11.4. The first-order chi connectivity index (χ1) is 22.6. The number of hydrogen-bond donors (Lipinski definition) is 4. The van der Waals surface area contributed by atoms with Crippen LogP contribution in [0.25, 0.3) is 10.8 Å². The highest BCUT2D eigenvalue weighted by molar-refractivity contribution is 5.96. The molecule has 1 saturated heterocycles. The van der Waals surface area contributed by atoms with E-state index >= 15 is 4.39 Å². The summed E-state index contributed by atoms with van der Waals surface area (Å²) < 4.78 is 62.5. The molecule has 1 heterocycles. The molecule has 0 aromatic heterocycles. The molecule has 0 spiro atoms. The van der Waals surface area contributed by atoms with Crippen LogP contribution in [0.3, 0.4) is 0 Å². The number of carbonyl (C=O) groups is 2. The molecule has 0 unspecified atom stereocenters. The molecule has 0 saturated carbocycles. The van der Waals surface area contributed by atoms with Crippen LogP contribution in [0.15, 0.2) is 91.0 Å². The van der Waals surface area contributed by atoms with Crippen molar-refractivity contribution in [2.75, 3.05) is 31.6 Å². The fourth-order valence-corrected chi connectivity index (χ4v) is 5.63. The summed E-state index contributed by atoms with van der Waals surface area (Å²) in [7, 11) is 0. The average molecular weight is 653 g/mol. The van der Waals surface area contributed by atoms with Gasteiger partial charge >= 0.3 is 12.3 Å². The number of rotatable bonds is 11. The van der Waals surface area contributed by atoms with Crippen LogP contribution in [0.4, 0.5) is 28.0 Å². The van der Waals surface area contributed by atoms with E-state index in [0.29, 0.717) is 24.2 Å². The Bertz CT molecular complexity index is 1660. The van der Waals surface area contributed by atoms with E-state index in [1.807, 2.05) is 72.8 Å². The van der Waals surface area contributed by atoms with Gasteiger partial charge in [0.25, 0.3) is 0 Å². The third kappa shape index (κ3) is 9.28. The van der Waals surface area contributed by atoms with E-state index < -0.39 is 48.5 Å². The highest BCUT2D eigenvalue weighted by Gasteiger charge is 2.30. The molecule has 248 valence electrons. The maximum absolute atomic E-state index is 15.1. The lowest BCUT2D eigenvalue weighted by atomic mass is 9.84. The number of benzene rings is 4. The Morgan fingerprint density at radius 3 is 2.43 bits per heavy atom. The van der Waals surface area contributed by atoms with E-state index in [-0.39, 0.29) is 25.7 Å². The fourth-order valence-electron chi connectivity index (χ4n) is 5.63. The number of halogens is 4. The van der Waals surface area contributed by atoms with Crippen molar-refractivity contribution < 1.29 is 36.6 Å². The normalized spacial score (nSPS) is 17.9. The van der Waals surface area contributed by atoms with E-state index in [1.165, 1.54) is 12.1 Å². The summed E-state index contributed by atoms with van der Waals surface area (Å²) in [5.74, 6) is -1.41. The summed E-state index contributed by atoms with van der Waals surface area (Å²) in [5.41, 5.74) is 9.05. The number of alkyl halides is 3. The maximum atomic E-state index is 15.1. The third-order valence-electron chi connectivity index (χ3n) is 8.06. The van der Waals surface area contributed by atoms with Crippen molar-refractivity contribution in [1.82, 2.24) is 10.6 Å². The number of amides is 2. The Hall–Kier alpha value is -4.52. The summed E-state index contributed by atoms with van der Waals surface area (Å²) >= 11 is 0. The van der Waals surface area contributed by atoms with Crippen molar-refractivity contribution in [3.05, 3.63) is 114 Å². The summed E-state index contributed by atoms with van der Waals surface area (Å²) in [6, 6.07) is 26.6. The first-order valence-corrected chi connectivity index (χ1v) is 15.3. The third-order valence-corrected chi connectivity index (χ3v) is 8.06. The van der Waals surface area contributed by atoms with Crippen molar-refractivity contribution in [2.24, 2.45) is 5.73 Å². The van der Waals surface area contributed by atoms with Crippen LogP contribution in [0.5, 0.6) is 0 Å². The second-order valence-corrected chi connectivity index (χ2v) is 11.4. The van der Waals surface area contributed by atoms with Gasteiger partial charge in [-0.25, -0.2) is 9.18 Å². The Morgan fingerprint density at radius 1 is 0.957 bits per heavy atom. The van der Waals surface area contributed by atoms with Gasteiger partial charge in [0, 0.05) is 23.7 Å². The standard InChI is InChI=1S/C35H36F4N4O4/c36-29-11-6-12-30(28(29)16-15-27-18-41-26(19-46-27)20-47-34(45)42-21-35(37,38)39)43-33(44)32(40)31(23-8-2-1-3-9-23)25-14-13-22-7-4-5-10-24(22)17-25/h1-14,17,26-27,31-32,41H,15-16,18-21,40H2,(H,42,45)(H,43,44)/t26-,27+,31+,32-/m0/s1. The highest BCUT2D eigenvalue weighted by Crippen LogP contribution is 2.31. The number of anilines is 1. The molecule has 8 nitrogen and oxygen atoms in total. The van der Waals surface area contributed by atoms with Gasteiger partial charge in [-0.3, -0.25) is 4.79 Å². The van der Waals surface area contributed by atoms with Gasteiger partial charge in [0.05, 0.1) is 24.8 Å². The molecule has 2 amide bonds. The molecule has 47 heavy (non-hydrogen) atoms. The van der Waals surface area contributed by atoms with E-state index in [4.69, 9.17) is 15.2 Å². The number of hydrogen-bond acceptors (Lipinski definition) is 6. The van der Waals surface area contributed by atoms with E-state index in [1.54, 1.807) is 11.4 Å². The summed E-state index contributed by atoms with van der Waals surface area (Å²) in [6.07, 6.45) is -5.36. The van der Waals surface area contributed by atoms with Crippen LogP contribution in [0.1, 0.15) is 29.0 Å². The first kappa shape index (κ1) is 33.8. The fraction of sp³-hybridized carbons (Fsp3) is 0.314. The van der Waals surface area contributed by atoms with Crippen LogP contribution in [-0.4, -0.2) is 62.7 Å². The Labute approximate surface area is 269 Å². The molecule has 1 fully saturated rings. The van der Waals surface area contributed by atoms with Crippen molar-refractivity contribution in [2.45, 2.75) is 43.1 Å². The molecule has 5 rings (SSSR count). The molecule has 4 aromatic rings. The zero-order valence-electron chi connectivity index (χ0n) is 25.4. The lowest BCUT2D eigenvalue weighted by Crippen LogP contribution is -2.49. The SMILES string of the molecule is N[C@H](C(=O)Nc1cccc(F)c1CC[C@@H]1CN[C@H](COC(=O)NCC(F)(F)F)CO1)[C@H](c1ccccc1)c1ccc2ccccc2c1. The summed E-state index contributed by atoms with van der Waals surface area (Å²) in [5, 5.41) is 9.73. The first-order valence-electron chi connectivity index (χ1n) is 15.3. The van der Waals surface area contributed by atoms with Gasteiger partial charge < -0.3 is 31.2 Å². The van der Waals surface area contributed by atoms with Crippen LogP contribution < -0.4 is 21.7 Å². The highest BCUT2D eigenvalue weighted by atomic mass is 19.4. The minimum absolute atomic E-state index is 0.141. The van der Waals surface area contributed by atoms with Gasteiger partial charge in [-0.1, -0.05) is 78.9 Å². The molecular weight excluding hydrogens is 616 g/mol. The molecule has 4 atom stereocenters. The molecule has 4 aromatic carbocycles. The van der Waals surface area contributed by atoms with Gasteiger partial charge in [-0.2, -0.15) is 13.2 Å². The number of nitrogens with one attached hydrogen (secondary N) is 3. The lowest BCUT2D eigenvalue weighted by molar-refractivity contribution is -0.124. The molecule has 1 aliphatic rings. The van der Waals surface area contributed by atoms with Crippen LogP contribution in [0.2, 0.25) is 0 Å². The number of fused-ring (bicyclic) bond motifs is 1. The van der Waals surface area contributed by atoms with E-state index in [2.05, 4.69) is 10.6 Å². The van der Waals surface area contributed by atoms with Crippen molar-refractivity contribution in [1.29, 1.82) is 0 Å². The summed E-state index contributed by atoms with van der Waals surface area (Å²) in [6.45, 7) is -1.17. The smallest absolute Gasteiger partial charge is 0.407 e. The number of alkyl carbamates (subject to hydrolysis) is 1. The molecule has 0 aliphatic carbocycles. The Morgan fingerprint density at radius 2 is 1.70 bits per heavy atom. The van der Waals surface area contributed by atoms with Crippen molar-refractivity contribution in [3.8, 4) is 0 Å². The quantitative estimate of drug-likeness (QED) is 0.156. The lowest BCUT2D eigenvalue weighted by Gasteiger charge is -2.30.